The molecule has 0 atom stereocenters. The molecule has 1 aliphatic rings. The van der Waals surface area contributed by atoms with Crippen LogP contribution in [0.5, 0.6) is 11.5 Å². The fourth-order valence-corrected chi connectivity index (χ4v) is 5.75. The summed E-state index contributed by atoms with van der Waals surface area (Å²) >= 11 is 0. The quantitative estimate of drug-likeness (QED) is 0.423. The lowest BCUT2D eigenvalue weighted by Gasteiger charge is -2.36. The maximum atomic E-state index is 13.1. The van der Waals surface area contributed by atoms with E-state index in [4.69, 9.17) is 9.47 Å². The number of sulfonamides is 1. The second-order valence-corrected chi connectivity index (χ2v) is 10.7. The van der Waals surface area contributed by atoms with Gasteiger partial charge in [-0.15, -0.1) is 0 Å². The van der Waals surface area contributed by atoms with E-state index in [1.165, 1.54) is 4.31 Å². The number of aryl methyl sites for hydroxylation is 1. The van der Waals surface area contributed by atoms with Crippen molar-refractivity contribution in [3.63, 3.8) is 0 Å². The van der Waals surface area contributed by atoms with Gasteiger partial charge >= 0.3 is 0 Å². The van der Waals surface area contributed by atoms with Crippen LogP contribution >= 0.6 is 0 Å². The molecule has 4 rings (SSSR count). The highest BCUT2D eigenvalue weighted by molar-refractivity contribution is 7.92. The van der Waals surface area contributed by atoms with Crippen LogP contribution in [0, 0.1) is 6.92 Å². The number of ether oxygens (including phenoxy) is 2. The largest absolute Gasteiger partial charge is 0.497 e. The molecule has 1 saturated heterocycles. The fraction of sp³-hybridized carbons (Fsp3) is 0.321. The minimum atomic E-state index is -3.68. The van der Waals surface area contributed by atoms with Crippen LogP contribution in [0.2, 0.25) is 0 Å². The maximum Gasteiger partial charge on any atom is 0.264 e. The molecular formula is C28H33N3O5S. The molecule has 8 nitrogen and oxygen atoms in total. The van der Waals surface area contributed by atoms with Gasteiger partial charge in [0.1, 0.15) is 11.5 Å². The number of carbonyl (C=O) groups is 1. The third kappa shape index (κ3) is 6.17. The second-order valence-electron chi connectivity index (χ2n) is 8.83. The minimum absolute atomic E-state index is 0.0684. The van der Waals surface area contributed by atoms with Gasteiger partial charge in [-0.2, -0.15) is 0 Å². The summed E-state index contributed by atoms with van der Waals surface area (Å²) in [6.07, 6.45) is 0. The Balaban J connectivity index is 1.31. The number of hydrogen-bond donors (Lipinski definition) is 0. The van der Waals surface area contributed by atoms with Crippen molar-refractivity contribution in [3.05, 3.63) is 78.4 Å². The summed E-state index contributed by atoms with van der Waals surface area (Å²) in [6.45, 7) is 6.66. The van der Waals surface area contributed by atoms with Gasteiger partial charge in [0, 0.05) is 38.4 Å². The number of methoxy groups -OCH3 is 1. The van der Waals surface area contributed by atoms with Gasteiger partial charge in [-0.05, 0) is 74.5 Å². The van der Waals surface area contributed by atoms with Crippen LogP contribution in [0.3, 0.4) is 0 Å². The average Bonchev–Trinajstić information content (AvgIpc) is 2.93. The van der Waals surface area contributed by atoms with E-state index >= 15 is 0 Å². The van der Waals surface area contributed by atoms with Gasteiger partial charge in [0.2, 0.25) is 0 Å². The molecule has 3 aromatic carbocycles. The van der Waals surface area contributed by atoms with E-state index in [9.17, 15) is 13.2 Å². The Morgan fingerprint density at radius 1 is 0.865 bits per heavy atom. The SMILES string of the molecule is CCN(c1ccc(OCC(=O)N2CCN(c3ccc(OC)cc3)CC2)cc1)S(=O)(=O)c1ccc(C)cc1. The molecule has 0 bridgehead atoms. The summed E-state index contributed by atoms with van der Waals surface area (Å²) < 4.78 is 38.5. The highest BCUT2D eigenvalue weighted by Gasteiger charge is 2.24. The summed E-state index contributed by atoms with van der Waals surface area (Å²) in [5.74, 6) is 1.26. The minimum Gasteiger partial charge on any atom is -0.497 e. The predicted octanol–water partition coefficient (Wildman–Crippen LogP) is 3.95. The molecule has 1 amide bonds. The first kappa shape index (κ1) is 26.3. The summed E-state index contributed by atoms with van der Waals surface area (Å²) in [7, 11) is -2.04. The second kappa shape index (κ2) is 11.6. The van der Waals surface area contributed by atoms with Crippen LogP contribution in [0.15, 0.2) is 77.7 Å². The van der Waals surface area contributed by atoms with E-state index in [2.05, 4.69) is 4.90 Å². The lowest BCUT2D eigenvalue weighted by atomic mass is 10.2. The van der Waals surface area contributed by atoms with Crippen molar-refractivity contribution in [1.29, 1.82) is 0 Å². The van der Waals surface area contributed by atoms with E-state index in [-0.39, 0.29) is 24.0 Å². The van der Waals surface area contributed by atoms with Crippen molar-refractivity contribution in [1.82, 2.24) is 4.90 Å². The number of hydrogen-bond acceptors (Lipinski definition) is 6. The van der Waals surface area contributed by atoms with Crippen LogP contribution in [0.4, 0.5) is 11.4 Å². The Kier molecular flexibility index (Phi) is 8.23. The molecule has 0 aliphatic carbocycles. The Hall–Kier alpha value is -3.72. The van der Waals surface area contributed by atoms with Crippen molar-refractivity contribution in [2.45, 2.75) is 18.7 Å². The Bertz CT molecular complexity index is 1290. The number of carbonyl (C=O) groups excluding carboxylic acids is 1. The lowest BCUT2D eigenvalue weighted by Crippen LogP contribution is -2.50. The number of benzene rings is 3. The fourth-order valence-electron chi connectivity index (χ4n) is 4.28. The van der Waals surface area contributed by atoms with Gasteiger partial charge in [-0.25, -0.2) is 8.42 Å². The predicted molar refractivity (Wildman–Crippen MR) is 145 cm³/mol. The zero-order valence-electron chi connectivity index (χ0n) is 21.5. The average molecular weight is 524 g/mol. The molecule has 196 valence electrons. The van der Waals surface area contributed by atoms with Crippen molar-refractivity contribution in [2.75, 3.05) is 55.6 Å². The third-order valence-electron chi connectivity index (χ3n) is 6.45. The topological polar surface area (TPSA) is 79.4 Å². The molecule has 0 spiro atoms. The number of nitrogens with zero attached hydrogens (tertiary/aromatic N) is 3. The van der Waals surface area contributed by atoms with Crippen LogP contribution in [-0.2, 0) is 14.8 Å². The van der Waals surface area contributed by atoms with Gasteiger partial charge in [-0.1, -0.05) is 17.7 Å². The molecule has 0 aromatic heterocycles. The molecule has 0 radical (unpaired) electrons. The monoisotopic (exact) mass is 523 g/mol. The smallest absolute Gasteiger partial charge is 0.264 e. The Labute approximate surface area is 219 Å². The number of amides is 1. The first-order valence-electron chi connectivity index (χ1n) is 12.3. The molecule has 37 heavy (non-hydrogen) atoms. The van der Waals surface area contributed by atoms with E-state index in [1.807, 2.05) is 31.2 Å². The van der Waals surface area contributed by atoms with Gasteiger partial charge in [-0.3, -0.25) is 9.10 Å². The summed E-state index contributed by atoms with van der Waals surface area (Å²) in [4.78, 5) is 17.0. The van der Waals surface area contributed by atoms with Gasteiger partial charge in [0.25, 0.3) is 15.9 Å². The number of rotatable bonds is 9. The lowest BCUT2D eigenvalue weighted by molar-refractivity contribution is -0.133. The molecule has 0 N–H and O–H groups in total. The van der Waals surface area contributed by atoms with E-state index in [0.29, 0.717) is 24.5 Å². The summed E-state index contributed by atoms with van der Waals surface area (Å²) in [6, 6.07) is 21.5. The van der Waals surface area contributed by atoms with Gasteiger partial charge < -0.3 is 19.3 Å². The normalized spacial score (nSPS) is 13.8. The Morgan fingerprint density at radius 2 is 1.46 bits per heavy atom. The first-order chi connectivity index (χ1) is 17.8. The van der Waals surface area contributed by atoms with Crippen molar-refractivity contribution < 1.29 is 22.7 Å². The van der Waals surface area contributed by atoms with E-state index in [0.717, 1.165) is 30.1 Å². The summed E-state index contributed by atoms with van der Waals surface area (Å²) in [5, 5.41) is 0. The van der Waals surface area contributed by atoms with Gasteiger partial charge in [0.05, 0.1) is 17.7 Å². The molecule has 0 unspecified atom stereocenters. The third-order valence-corrected chi connectivity index (χ3v) is 8.37. The van der Waals surface area contributed by atoms with Crippen molar-refractivity contribution >= 4 is 27.3 Å². The molecule has 0 saturated carbocycles. The van der Waals surface area contributed by atoms with E-state index < -0.39 is 10.0 Å². The van der Waals surface area contributed by atoms with Crippen LogP contribution in [-0.4, -0.2) is 65.7 Å². The zero-order valence-corrected chi connectivity index (χ0v) is 22.3. The van der Waals surface area contributed by atoms with Crippen LogP contribution in [0.1, 0.15) is 12.5 Å². The molecule has 1 aliphatic heterocycles. The van der Waals surface area contributed by atoms with E-state index in [1.54, 1.807) is 67.5 Å². The number of anilines is 2. The Morgan fingerprint density at radius 3 is 2.03 bits per heavy atom. The maximum absolute atomic E-state index is 13.1. The number of piperazine rings is 1. The highest BCUT2D eigenvalue weighted by atomic mass is 32.2. The zero-order chi connectivity index (χ0) is 26.4. The van der Waals surface area contributed by atoms with Gasteiger partial charge in [0.15, 0.2) is 6.61 Å². The summed E-state index contributed by atoms with van der Waals surface area (Å²) in [5.41, 5.74) is 2.64. The molecule has 9 heteroatoms. The highest BCUT2D eigenvalue weighted by Crippen LogP contribution is 2.26. The first-order valence-corrected chi connectivity index (χ1v) is 13.7. The molecule has 3 aromatic rings. The standard InChI is InChI=1S/C28H33N3O5S/c1-4-31(37(33,34)27-15-5-22(2)6-16-27)24-9-13-26(14-10-24)36-21-28(32)30-19-17-29(18-20-30)23-7-11-25(35-3)12-8-23/h5-16H,4,17-21H2,1-3H3. The van der Waals surface area contributed by atoms with Crippen LogP contribution < -0.4 is 18.7 Å². The van der Waals surface area contributed by atoms with Crippen LogP contribution in [0.25, 0.3) is 0 Å². The molecule has 1 fully saturated rings. The molecular weight excluding hydrogens is 490 g/mol. The molecule has 1 heterocycles. The van der Waals surface area contributed by atoms with Crippen molar-refractivity contribution in [2.24, 2.45) is 0 Å². The van der Waals surface area contributed by atoms with Crippen molar-refractivity contribution in [3.8, 4) is 11.5 Å².